The molecule has 29 heavy (non-hydrogen) atoms. The number of rotatable bonds is 7. The lowest BCUT2D eigenvalue weighted by molar-refractivity contribution is -0.117. The first-order chi connectivity index (χ1) is 14.0. The van der Waals surface area contributed by atoms with Gasteiger partial charge in [-0.1, -0.05) is 36.4 Å². The Labute approximate surface area is 168 Å². The fourth-order valence-corrected chi connectivity index (χ4v) is 2.72. The van der Waals surface area contributed by atoms with E-state index in [0.29, 0.717) is 29.1 Å². The molecule has 0 aliphatic carbocycles. The molecule has 3 aromatic rings. The molecule has 0 saturated heterocycles. The van der Waals surface area contributed by atoms with Crippen molar-refractivity contribution in [3.8, 4) is 0 Å². The minimum absolute atomic E-state index is 0.0433. The van der Waals surface area contributed by atoms with Crippen molar-refractivity contribution >= 4 is 17.9 Å². The van der Waals surface area contributed by atoms with E-state index in [1.54, 1.807) is 67.6 Å². The van der Waals surface area contributed by atoms with Crippen molar-refractivity contribution in [1.29, 1.82) is 0 Å². The summed E-state index contributed by atoms with van der Waals surface area (Å²) in [6, 6.07) is 18.5. The Bertz CT molecular complexity index is 1030. The van der Waals surface area contributed by atoms with Crippen molar-refractivity contribution in [3.63, 3.8) is 0 Å². The third kappa shape index (κ3) is 5.65. The van der Waals surface area contributed by atoms with Crippen molar-refractivity contribution < 1.29 is 18.4 Å². The maximum absolute atomic E-state index is 13.7. The van der Waals surface area contributed by atoms with Gasteiger partial charge < -0.3 is 15.1 Å². The molecule has 0 unspecified atom stereocenters. The number of benzene rings is 2. The number of carbonyl (C=O) groups is 2. The zero-order valence-corrected chi connectivity index (χ0v) is 15.9. The summed E-state index contributed by atoms with van der Waals surface area (Å²) in [6.07, 6.45) is 1.80. The molecule has 148 valence electrons. The Morgan fingerprint density at radius 2 is 1.72 bits per heavy atom. The summed E-state index contributed by atoms with van der Waals surface area (Å²) in [6.45, 7) is 2.00. The third-order valence-electron chi connectivity index (χ3n) is 4.21. The zero-order valence-electron chi connectivity index (χ0n) is 15.9. The van der Waals surface area contributed by atoms with Gasteiger partial charge in [0.2, 0.25) is 0 Å². The Morgan fingerprint density at radius 1 is 1.00 bits per heavy atom. The molecule has 2 N–H and O–H groups in total. The van der Waals surface area contributed by atoms with Crippen LogP contribution < -0.4 is 10.6 Å². The first-order valence-corrected chi connectivity index (χ1v) is 9.19. The van der Waals surface area contributed by atoms with E-state index < -0.39 is 11.8 Å². The number of aryl methyl sites for hydroxylation is 1. The van der Waals surface area contributed by atoms with Crippen LogP contribution in [0, 0.1) is 12.7 Å². The number of furan rings is 1. The maximum atomic E-state index is 13.7. The molecule has 0 aliphatic rings. The molecule has 3 rings (SSSR count). The first kappa shape index (κ1) is 20.1. The van der Waals surface area contributed by atoms with Crippen LogP contribution in [-0.4, -0.2) is 18.4 Å². The van der Waals surface area contributed by atoms with E-state index >= 15 is 0 Å². The summed E-state index contributed by atoms with van der Waals surface area (Å²) in [5.74, 6) is -0.0925. The number of nitrogens with one attached hydrogen (secondary N) is 2. The van der Waals surface area contributed by atoms with Crippen molar-refractivity contribution in [2.45, 2.75) is 13.3 Å². The second kappa shape index (κ2) is 9.50. The van der Waals surface area contributed by atoms with E-state index in [4.69, 9.17) is 4.42 Å². The summed E-state index contributed by atoms with van der Waals surface area (Å²) in [5, 5.41) is 5.34. The minimum atomic E-state index is -0.486. The summed E-state index contributed by atoms with van der Waals surface area (Å²) in [7, 11) is 0. The molecule has 6 heteroatoms. The Hall–Kier alpha value is -3.67. The number of carbonyl (C=O) groups excluding carboxylic acids is 2. The monoisotopic (exact) mass is 392 g/mol. The average molecular weight is 392 g/mol. The quantitative estimate of drug-likeness (QED) is 0.600. The second-order valence-electron chi connectivity index (χ2n) is 6.42. The lowest BCUT2D eigenvalue weighted by atomic mass is 10.1. The summed E-state index contributed by atoms with van der Waals surface area (Å²) >= 11 is 0. The highest BCUT2D eigenvalue weighted by Crippen LogP contribution is 2.11. The molecule has 2 amide bonds. The van der Waals surface area contributed by atoms with Crippen molar-refractivity contribution in [2.24, 2.45) is 0 Å². The lowest BCUT2D eigenvalue weighted by Gasteiger charge is -2.11. The number of hydrogen-bond acceptors (Lipinski definition) is 3. The molecule has 5 nitrogen and oxygen atoms in total. The molecule has 0 fully saturated rings. The van der Waals surface area contributed by atoms with Gasteiger partial charge in [-0.25, -0.2) is 4.39 Å². The van der Waals surface area contributed by atoms with Crippen LogP contribution >= 0.6 is 0 Å². The van der Waals surface area contributed by atoms with Gasteiger partial charge in [0.1, 0.15) is 23.0 Å². The van der Waals surface area contributed by atoms with Crippen molar-refractivity contribution in [2.75, 3.05) is 6.54 Å². The highest BCUT2D eigenvalue weighted by atomic mass is 19.1. The van der Waals surface area contributed by atoms with Gasteiger partial charge in [0.05, 0.1) is 0 Å². The first-order valence-electron chi connectivity index (χ1n) is 9.19. The Balaban J connectivity index is 1.71. The normalized spacial score (nSPS) is 11.2. The van der Waals surface area contributed by atoms with E-state index in [9.17, 15) is 14.0 Å². The molecular formula is C23H21FN2O3. The number of amides is 2. The number of halogens is 1. The molecule has 2 aromatic carbocycles. The predicted octanol–water partition coefficient (Wildman–Crippen LogP) is 3.86. The van der Waals surface area contributed by atoms with Gasteiger partial charge in [0.15, 0.2) is 0 Å². The highest BCUT2D eigenvalue weighted by molar-refractivity contribution is 6.05. The fraction of sp³-hybridized carbons (Fsp3) is 0.130. The van der Waals surface area contributed by atoms with Crippen LogP contribution in [0.15, 0.2) is 76.8 Å². The molecule has 1 heterocycles. The van der Waals surface area contributed by atoms with Gasteiger partial charge in [-0.2, -0.15) is 0 Å². The average Bonchev–Trinajstić information content (AvgIpc) is 3.14. The van der Waals surface area contributed by atoms with Crippen LogP contribution in [0.4, 0.5) is 4.39 Å². The third-order valence-corrected chi connectivity index (χ3v) is 4.21. The molecule has 0 radical (unpaired) electrons. The van der Waals surface area contributed by atoms with Gasteiger partial charge in [0.25, 0.3) is 11.8 Å². The molecule has 0 spiro atoms. The maximum Gasteiger partial charge on any atom is 0.267 e. The van der Waals surface area contributed by atoms with Crippen LogP contribution in [0.2, 0.25) is 0 Å². The van der Waals surface area contributed by atoms with Crippen LogP contribution in [0.3, 0.4) is 0 Å². The standard InChI is InChI=1S/C23H21FN2O3/c1-16-11-12-19(29-16)15-21(26-22(27)18-8-3-2-4-9-18)23(28)25-14-13-17-7-5-6-10-20(17)24/h2-12,15H,13-14H2,1H3,(H,25,28)(H,26,27)/b21-15+. The van der Waals surface area contributed by atoms with Crippen LogP contribution in [-0.2, 0) is 11.2 Å². The van der Waals surface area contributed by atoms with Crippen LogP contribution in [0.1, 0.15) is 27.4 Å². The largest absolute Gasteiger partial charge is 0.462 e. The Kier molecular flexibility index (Phi) is 6.58. The van der Waals surface area contributed by atoms with Gasteiger partial charge in [0, 0.05) is 18.2 Å². The van der Waals surface area contributed by atoms with E-state index in [1.165, 1.54) is 12.1 Å². The van der Waals surface area contributed by atoms with Gasteiger partial charge in [-0.05, 0) is 49.2 Å². The lowest BCUT2D eigenvalue weighted by Crippen LogP contribution is -2.35. The Morgan fingerprint density at radius 3 is 2.41 bits per heavy atom. The molecule has 0 saturated carbocycles. The highest BCUT2D eigenvalue weighted by Gasteiger charge is 2.15. The smallest absolute Gasteiger partial charge is 0.267 e. The summed E-state index contributed by atoms with van der Waals surface area (Å²) in [5.41, 5.74) is 0.975. The summed E-state index contributed by atoms with van der Waals surface area (Å²) in [4.78, 5) is 25.1. The SMILES string of the molecule is Cc1ccc(/C=C(/NC(=O)c2ccccc2)C(=O)NCCc2ccccc2F)o1. The minimum Gasteiger partial charge on any atom is -0.462 e. The van der Waals surface area contributed by atoms with E-state index in [0.717, 1.165) is 0 Å². The van der Waals surface area contributed by atoms with E-state index in [1.807, 2.05) is 0 Å². The zero-order chi connectivity index (χ0) is 20.6. The van der Waals surface area contributed by atoms with Crippen LogP contribution in [0.5, 0.6) is 0 Å². The van der Waals surface area contributed by atoms with E-state index in [-0.39, 0.29) is 18.1 Å². The fourth-order valence-electron chi connectivity index (χ4n) is 2.72. The van der Waals surface area contributed by atoms with E-state index in [2.05, 4.69) is 10.6 Å². The molecule has 0 bridgehead atoms. The molecule has 0 atom stereocenters. The predicted molar refractivity (Wildman–Crippen MR) is 108 cm³/mol. The second-order valence-corrected chi connectivity index (χ2v) is 6.42. The summed E-state index contributed by atoms with van der Waals surface area (Å²) < 4.78 is 19.2. The molecule has 0 aliphatic heterocycles. The van der Waals surface area contributed by atoms with Gasteiger partial charge >= 0.3 is 0 Å². The van der Waals surface area contributed by atoms with Crippen LogP contribution in [0.25, 0.3) is 6.08 Å². The van der Waals surface area contributed by atoms with Crippen molar-refractivity contribution in [3.05, 3.63) is 101 Å². The van der Waals surface area contributed by atoms with Crippen molar-refractivity contribution in [1.82, 2.24) is 10.6 Å². The van der Waals surface area contributed by atoms with Gasteiger partial charge in [-0.3, -0.25) is 9.59 Å². The number of hydrogen-bond donors (Lipinski definition) is 2. The molecular weight excluding hydrogens is 371 g/mol. The topological polar surface area (TPSA) is 71.3 Å². The van der Waals surface area contributed by atoms with Gasteiger partial charge in [-0.15, -0.1) is 0 Å². The molecule has 1 aromatic heterocycles.